The highest BCUT2D eigenvalue weighted by molar-refractivity contribution is 7.99. The molecule has 0 fully saturated rings. The number of ether oxygens (including phenoxy) is 1. The van der Waals surface area contributed by atoms with Crippen molar-refractivity contribution in [3.63, 3.8) is 0 Å². The normalized spacial score (nSPS) is 14.9. The molecule has 36 heavy (non-hydrogen) atoms. The van der Waals surface area contributed by atoms with Crippen molar-refractivity contribution in [2.75, 3.05) is 23.0 Å². The highest BCUT2D eigenvalue weighted by Crippen LogP contribution is 2.40. The van der Waals surface area contributed by atoms with Gasteiger partial charge in [0.2, 0.25) is 11.1 Å². The SMILES string of the molecule is CCCCSc1nc2n(n1)C(c1ccccc1OCCC)C(C(=O)Nc1cccc(C)c1C)=C(C)N2. The number of amides is 1. The molecule has 2 N–H and O–H groups in total. The van der Waals surface area contributed by atoms with Gasteiger partial charge in [0.1, 0.15) is 11.8 Å². The van der Waals surface area contributed by atoms with Crippen LogP contribution in [0, 0.1) is 13.8 Å². The van der Waals surface area contributed by atoms with Gasteiger partial charge < -0.3 is 15.4 Å². The van der Waals surface area contributed by atoms with Gasteiger partial charge in [0, 0.05) is 22.7 Å². The number of fused-ring (bicyclic) bond motifs is 1. The minimum atomic E-state index is -0.479. The van der Waals surface area contributed by atoms with E-state index in [1.54, 1.807) is 11.8 Å². The molecule has 4 rings (SSSR count). The summed E-state index contributed by atoms with van der Waals surface area (Å²) in [5, 5.41) is 12.0. The number of thioether (sulfide) groups is 1. The molecular formula is C28H35N5O2S. The van der Waals surface area contributed by atoms with E-state index in [0.29, 0.717) is 23.3 Å². The molecule has 1 unspecified atom stereocenters. The summed E-state index contributed by atoms with van der Waals surface area (Å²) in [6, 6.07) is 13.3. The third-order valence-corrected chi connectivity index (χ3v) is 7.26. The highest BCUT2D eigenvalue weighted by atomic mass is 32.2. The van der Waals surface area contributed by atoms with Crippen LogP contribution in [0.15, 0.2) is 58.9 Å². The number of aromatic nitrogens is 3. The Hall–Kier alpha value is -3.26. The fourth-order valence-electron chi connectivity index (χ4n) is 4.21. The average Bonchev–Trinajstić information content (AvgIpc) is 3.27. The van der Waals surface area contributed by atoms with E-state index in [-0.39, 0.29) is 5.91 Å². The van der Waals surface area contributed by atoms with E-state index in [0.717, 1.165) is 58.8 Å². The standard InChI is InChI=1S/C28H35N5O2S/c1-6-8-17-36-28-31-27-29-20(5)24(26(34)30-22-14-11-12-18(3)19(22)4)25(33(27)32-28)21-13-9-10-15-23(21)35-16-7-2/h9-15,25H,6-8,16-17H2,1-5H3,(H,30,34)(H,29,31,32). The van der Waals surface area contributed by atoms with Gasteiger partial charge in [-0.1, -0.05) is 62.4 Å². The van der Waals surface area contributed by atoms with Gasteiger partial charge in [-0.3, -0.25) is 4.79 Å². The van der Waals surface area contributed by atoms with E-state index >= 15 is 0 Å². The molecule has 0 spiro atoms. The van der Waals surface area contributed by atoms with Gasteiger partial charge in [0.05, 0.1) is 12.2 Å². The maximum atomic E-state index is 13.9. The van der Waals surface area contributed by atoms with Crippen LogP contribution in [-0.2, 0) is 4.79 Å². The van der Waals surface area contributed by atoms with Crippen LogP contribution in [0.25, 0.3) is 0 Å². The van der Waals surface area contributed by atoms with Crippen molar-refractivity contribution in [1.82, 2.24) is 14.8 Å². The van der Waals surface area contributed by atoms with Crippen LogP contribution in [-0.4, -0.2) is 33.0 Å². The molecule has 7 nitrogen and oxygen atoms in total. The Morgan fingerprint density at radius 3 is 2.69 bits per heavy atom. The Morgan fingerprint density at radius 2 is 1.92 bits per heavy atom. The second kappa shape index (κ2) is 11.6. The first-order valence-corrected chi connectivity index (χ1v) is 13.6. The van der Waals surface area contributed by atoms with Crippen molar-refractivity contribution in [2.24, 2.45) is 0 Å². The van der Waals surface area contributed by atoms with Gasteiger partial charge >= 0.3 is 0 Å². The first-order valence-electron chi connectivity index (χ1n) is 12.6. The molecule has 3 aromatic rings. The zero-order chi connectivity index (χ0) is 25.7. The van der Waals surface area contributed by atoms with E-state index in [1.807, 2.05) is 67.9 Å². The van der Waals surface area contributed by atoms with Gasteiger partial charge in [-0.15, -0.1) is 5.10 Å². The summed E-state index contributed by atoms with van der Waals surface area (Å²) in [6.07, 6.45) is 3.11. The first kappa shape index (κ1) is 25.8. The van der Waals surface area contributed by atoms with Gasteiger partial charge in [-0.25, -0.2) is 4.68 Å². The molecule has 1 aliphatic heterocycles. The van der Waals surface area contributed by atoms with Crippen molar-refractivity contribution in [3.05, 3.63) is 70.4 Å². The third-order valence-electron chi connectivity index (χ3n) is 6.33. The lowest BCUT2D eigenvalue weighted by molar-refractivity contribution is -0.113. The Labute approximate surface area is 217 Å². The summed E-state index contributed by atoms with van der Waals surface area (Å²) in [4.78, 5) is 18.6. The molecule has 0 saturated carbocycles. The number of carbonyl (C=O) groups excluding carboxylic acids is 1. The van der Waals surface area contributed by atoms with Crippen LogP contribution < -0.4 is 15.4 Å². The van der Waals surface area contributed by atoms with Crippen LogP contribution in [0.3, 0.4) is 0 Å². The van der Waals surface area contributed by atoms with Crippen LogP contribution in [0.1, 0.15) is 62.8 Å². The quantitative estimate of drug-likeness (QED) is 0.242. The minimum Gasteiger partial charge on any atom is -0.493 e. The number of carbonyl (C=O) groups is 1. The third kappa shape index (κ3) is 5.43. The van der Waals surface area contributed by atoms with Crippen LogP contribution in [0.5, 0.6) is 5.75 Å². The molecule has 0 radical (unpaired) electrons. The van der Waals surface area contributed by atoms with Crippen molar-refractivity contribution >= 4 is 29.3 Å². The summed E-state index contributed by atoms with van der Waals surface area (Å²) in [5.41, 5.74) is 5.20. The summed E-state index contributed by atoms with van der Waals surface area (Å²) in [5.74, 6) is 2.15. The number of allylic oxidation sites excluding steroid dienone is 1. The number of hydrogen-bond acceptors (Lipinski definition) is 6. The average molecular weight is 506 g/mol. The fraction of sp³-hybridized carbons (Fsp3) is 0.393. The van der Waals surface area contributed by atoms with E-state index < -0.39 is 6.04 Å². The molecule has 1 atom stereocenters. The van der Waals surface area contributed by atoms with Crippen molar-refractivity contribution in [2.45, 2.75) is 65.1 Å². The lowest BCUT2D eigenvalue weighted by Crippen LogP contribution is -2.32. The number of unbranched alkanes of at least 4 members (excludes halogenated alkanes) is 1. The maximum Gasteiger partial charge on any atom is 0.255 e. The highest BCUT2D eigenvalue weighted by Gasteiger charge is 2.36. The van der Waals surface area contributed by atoms with Crippen LogP contribution >= 0.6 is 11.8 Å². The molecule has 1 aliphatic rings. The fourth-order valence-corrected chi connectivity index (χ4v) is 5.12. The Kier molecular flexibility index (Phi) is 8.36. The smallest absolute Gasteiger partial charge is 0.255 e. The lowest BCUT2D eigenvalue weighted by atomic mass is 9.94. The van der Waals surface area contributed by atoms with Crippen molar-refractivity contribution < 1.29 is 9.53 Å². The van der Waals surface area contributed by atoms with Gasteiger partial charge in [0.25, 0.3) is 5.91 Å². The molecule has 0 saturated heterocycles. The summed E-state index contributed by atoms with van der Waals surface area (Å²) in [7, 11) is 0. The maximum absolute atomic E-state index is 13.9. The number of para-hydroxylation sites is 1. The number of benzene rings is 2. The molecule has 1 aromatic heterocycles. The Balaban J connectivity index is 1.78. The molecule has 190 valence electrons. The second-order valence-electron chi connectivity index (χ2n) is 9.02. The zero-order valence-electron chi connectivity index (χ0n) is 21.7. The van der Waals surface area contributed by atoms with E-state index in [2.05, 4.69) is 24.5 Å². The minimum absolute atomic E-state index is 0.176. The number of hydrogen-bond donors (Lipinski definition) is 2. The van der Waals surface area contributed by atoms with Gasteiger partial charge in [0.15, 0.2) is 0 Å². The van der Waals surface area contributed by atoms with Gasteiger partial charge in [-0.2, -0.15) is 4.98 Å². The molecule has 2 heterocycles. The first-order chi connectivity index (χ1) is 17.4. The Bertz CT molecular complexity index is 1270. The Morgan fingerprint density at radius 1 is 1.11 bits per heavy atom. The molecular weight excluding hydrogens is 470 g/mol. The molecule has 2 aromatic carbocycles. The number of rotatable bonds is 10. The zero-order valence-corrected chi connectivity index (χ0v) is 22.5. The predicted octanol–water partition coefficient (Wildman–Crippen LogP) is 6.50. The van der Waals surface area contributed by atoms with Gasteiger partial charge in [-0.05, 0) is 56.9 Å². The van der Waals surface area contributed by atoms with E-state index in [9.17, 15) is 4.79 Å². The summed E-state index contributed by atoms with van der Waals surface area (Å²) in [6.45, 7) is 10.8. The van der Waals surface area contributed by atoms with Crippen molar-refractivity contribution in [3.8, 4) is 5.75 Å². The number of nitrogens with zero attached hydrogens (tertiary/aromatic N) is 3. The molecule has 1 amide bonds. The second-order valence-corrected chi connectivity index (χ2v) is 10.1. The monoisotopic (exact) mass is 505 g/mol. The number of aryl methyl sites for hydroxylation is 1. The topological polar surface area (TPSA) is 81.1 Å². The number of anilines is 2. The molecule has 0 bridgehead atoms. The molecule has 8 heteroatoms. The number of nitrogens with one attached hydrogen (secondary N) is 2. The predicted molar refractivity (Wildman–Crippen MR) is 147 cm³/mol. The summed E-state index contributed by atoms with van der Waals surface area (Å²) >= 11 is 1.64. The lowest BCUT2D eigenvalue weighted by Gasteiger charge is -2.30. The van der Waals surface area contributed by atoms with Crippen molar-refractivity contribution in [1.29, 1.82) is 0 Å². The summed E-state index contributed by atoms with van der Waals surface area (Å²) < 4.78 is 7.94. The van der Waals surface area contributed by atoms with Crippen LogP contribution in [0.2, 0.25) is 0 Å². The van der Waals surface area contributed by atoms with E-state index in [4.69, 9.17) is 14.8 Å². The largest absolute Gasteiger partial charge is 0.493 e. The van der Waals surface area contributed by atoms with Crippen LogP contribution in [0.4, 0.5) is 11.6 Å². The van der Waals surface area contributed by atoms with E-state index in [1.165, 1.54) is 0 Å². The molecule has 0 aliphatic carbocycles.